The Labute approximate surface area is 124 Å². The van der Waals surface area contributed by atoms with E-state index in [1.807, 2.05) is 0 Å². The summed E-state index contributed by atoms with van der Waals surface area (Å²) in [4.78, 5) is 23.4. The Morgan fingerprint density at radius 2 is 2.23 bits per heavy atom. The molecule has 112 valence electrons. The molecule has 2 heterocycles. The molecule has 0 fully saturated rings. The number of aryl methyl sites for hydroxylation is 1. The van der Waals surface area contributed by atoms with Gasteiger partial charge in [-0.1, -0.05) is 0 Å². The quantitative estimate of drug-likeness (QED) is 0.583. The zero-order chi connectivity index (χ0) is 15.7. The van der Waals surface area contributed by atoms with Gasteiger partial charge in [-0.25, -0.2) is 9.59 Å². The molecule has 3 aromatic rings. The van der Waals surface area contributed by atoms with Crippen LogP contribution in [0.3, 0.4) is 0 Å². The molecule has 0 bridgehead atoms. The number of aromatic nitrogens is 2. The first-order valence-electron chi connectivity index (χ1n) is 6.44. The molecule has 0 unspecified atom stereocenters. The molecule has 0 spiro atoms. The zero-order valence-electron chi connectivity index (χ0n) is 11.6. The fourth-order valence-electron chi connectivity index (χ4n) is 2.09. The molecule has 22 heavy (non-hydrogen) atoms. The van der Waals surface area contributed by atoms with Crippen molar-refractivity contribution >= 4 is 16.9 Å². The third-order valence-corrected chi connectivity index (χ3v) is 3.11. The van der Waals surface area contributed by atoms with E-state index >= 15 is 0 Å². The van der Waals surface area contributed by atoms with Gasteiger partial charge in [0.25, 0.3) is 0 Å². The van der Waals surface area contributed by atoms with Gasteiger partial charge in [0.15, 0.2) is 0 Å². The number of ether oxygens (including phenoxy) is 1. The molecule has 1 N–H and O–H groups in total. The number of hydrogen-bond acceptors (Lipinski definition) is 6. The topological polar surface area (TPSA) is 94.6 Å². The lowest BCUT2D eigenvalue weighted by atomic mass is 10.1. The largest absolute Gasteiger partial charge is 0.508 e. The molecule has 0 aliphatic heterocycles. The molecule has 0 atom stereocenters. The number of carbonyl (C=O) groups is 1. The monoisotopic (exact) mass is 300 g/mol. The van der Waals surface area contributed by atoms with Gasteiger partial charge in [-0.3, -0.25) is 4.68 Å². The van der Waals surface area contributed by atoms with Crippen molar-refractivity contribution in [2.24, 2.45) is 7.05 Å². The third kappa shape index (κ3) is 2.69. The maximum absolute atomic E-state index is 11.9. The van der Waals surface area contributed by atoms with Crippen molar-refractivity contribution in [3.63, 3.8) is 0 Å². The average molecular weight is 300 g/mol. The maximum Gasteiger partial charge on any atom is 0.341 e. The van der Waals surface area contributed by atoms with Crippen LogP contribution in [0.15, 0.2) is 45.9 Å². The number of nitrogens with zero attached hydrogens (tertiary/aromatic N) is 2. The van der Waals surface area contributed by atoms with E-state index in [1.54, 1.807) is 13.1 Å². The number of hydrogen-bond donors (Lipinski definition) is 1. The summed E-state index contributed by atoms with van der Waals surface area (Å²) < 4.78 is 11.7. The summed E-state index contributed by atoms with van der Waals surface area (Å²) in [5, 5.41) is 13.9. The smallest absolute Gasteiger partial charge is 0.341 e. The van der Waals surface area contributed by atoms with E-state index in [4.69, 9.17) is 9.15 Å². The Morgan fingerprint density at radius 1 is 1.41 bits per heavy atom. The van der Waals surface area contributed by atoms with Gasteiger partial charge < -0.3 is 14.3 Å². The van der Waals surface area contributed by atoms with E-state index < -0.39 is 11.6 Å². The minimum absolute atomic E-state index is 0.0137. The highest BCUT2D eigenvalue weighted by Gasteiger charge is 2.12. The molecule has 0 saturated carbocycles. The molecular formula is C15H12N2O5. The number of phenolic OH excluding ortho intramolecular Hbond substituents is 1. The molecule has 7 nitrogen and oxygen atoms in total. The van der Waals surface area contributed by atoms with Crippen LogP contribution in [0.2, 0.25) is 0 Å². The number of benzene rings is 1. The van der Waals surface area contributed by atoms with E-state index in [9.17, 15) is 14.7 Å². The lowest BCUT2D eigenvalue weighted by Crippen LogP contribution is -2.07. The van der Waals surface area contributed by atoms with Crippen molar-refractivity contribution in [1.29, 1.82) is 0 Å². The van der Waals surface area contributed by atoms with E-state index in [0.717, 1.165) is 0 Å². The van der Waals surface area contributed by atoms with Crippen molar-refractivity contribution in [3.8, 4) is 5.75 Å². The molecule has 1 aromatic carbocycles. The van der Waals surface area contributed by atoms with Gasteiger partial charge in [-0.2, -0.15) is 5.10 Å². The fraction of sp³-hybridized carbons (Fsp3) is 0.133. The van der Waals surface area contributed by atoms with Crippen molar-refractivity contribution in [1.82, 2.24) is 9.78 Å². The van der Waals surface area contributed by atoms with Crippen molar-refractivity contribution in [3.05, 3.63) is 58.2 Å². The first kappa shape index (κ1) is 13.9. The molecule has 0 radical (unpaired) electrons. The van der Waals surface area contributed by atoms with Gasteiger partial charge in [0.05, 0.1) is 11.8 Å². The Morgan fingerprint density at radius 3 is 2.95 bits per heavy atom. The summed E-state index contributed by atoms with van der Waals surface area (Å²) in [6.07, 6.45) is 2.94. The van der Waals surface area contributed by atoms with Crippen LogP contribution >= 0.6 is 0 Å². The van der Waals surface area contributed by atoms with Crippen molar-refractivity contribution in [2.75, 3.05) is 0 Å². The van der Waals surface area contributed by atoms with Gasteiger partial charge in [-0.15, -0.1) is 0 Å². The number of esters is 1. The second-order valence-electron chi connectivity index (χ2n) is 4.75. The first-order chi connectivity index (χ1) is 10.5. The van der Waals surface area contributed by atoms with Crippen LogP contribution in [-0.2, 0) is 18.4 Å². The molecule has 2 aromatic heterocycles. The van der Waals surface area contributed by atoms with Gasteiger partial charge in [0, 0.05) is 36.3 Å². The Balaban J connectivity index is 1.87. The number of fused-ring (bicyclic) bond motifs is 1. The molecular weight excluding hydrogens is 288 g/mol. The van der Waals surface area contributed by atoms with Gasteiger partial charge >= 0.3 is 11.6 Å². The summed E-state index contributed by atoms with van der Waals surface area (Å²) >= 11 is 0. The van der Waals surface area contributed by atoms with Gasteiger partial charge in [0.2, 0.25) is 0 Å². The van der Waals surface area contributed by atoms with Crippen molar-refractivity contribution < 1.29 is 19.1 Å². The van der Waals surface area contributed by atoms with Gasteiger partial charge in [0.1, 0.15) is 17.9 Å². The zero-order valence-corrected chi connectivity index (χ0v) is 11.6. The van der Waals surface area contributed by atoms with Crippen LogP contribution < -0.4 is 5.63 Å². The highest BCUT2D eigenvalue weighted by molar-refractivity contribution is 5.89. The molecule has 7 heteroatoms. The lowest BCUT2D eigenvalue weighted by molar-refractivity contribution is 0.0473. The average Bonchev–Trinajstić information content (AvgIpc) is 2.90. The normalized spacial score (nSPS) is 10.8. The van der Waals surface area contributed by atoms with Crippen LogP contribution in [0.4, 0.5) is 0 Å². The highest BCUT2D eigenvalue weighted by Crippen LogP contribution is 2.22. The Kier molecular flexibility index (Phi) is 3.38. The van der Waals surface area contributed by atoms with Crippen molar-refractivity contribution in [2.45, 2.75) is 6.61 Å². The number of rotatable bonds is 3. The summed E-state index contributed by atoms with van der Waals surface area (Å²) in [6.45, 7) is -0.0827. The maximum atomic E-state index is 11.9. The van der Waals surface area contributed by atoms with E-state index in [0.29, 0.717) is 16.5 Å². The fourth-order valence-corrected chi connectivity index (χ4v) is 2.09. The van der Waals surface area contributed by atoms with E-state index in [-0.39, 0.29) is 17.9 Å². The van der Waals surface area contributed by atoms with Gasteiger partial charge in [-0.05, 0) is 12.1 Å². The molecule has 0 saturated heterocycles. The predicted molar refractivity (Wildman–Crippen MR) is 76.5 cm³/mol. The van der Waals surface area contributed by atoms with Crippen LogP contribution in [-0.4, -0.2) is 20.9 Å². The van der Waals surface area contributed by atoms with Crippen LogP contribution in [0.25, 0.3) is 11.0 Å². The lowest BCUT2D eigenvalue weighted by Gasteiger charge is -2.06. The molecule has 0 aliphatic rings. The molecule has 0 amide bonds. The highest BCUT2D eigenvalue weighted by atomic mass is 16.5. The SMILES string of the molecule is Cn1cc(C(=O)OCc2cc(=O)oc3cc(O)ccc23)cn1. The number of carbonyl (C=O) groups excluding carboxylic acids is 1. The number of aromatic hydroxyl groups is 1. The van der Waals surface area contributed by atoms with E-state index in [1.165, 1.54) is 35.3 Å². The van der Waals surface area contributed by atoms with Crippen LogP contribution in [0.5, 0.6) is 5.75 Å². The third-order valence-electron chi connectivity index (χ3n) is 3.11. The standard InChI is InChI=1S/C15H12N2O5/c1-17-7-10(6-16-17)15(20)21-8-9-4-14(19)22-13-5-11(18)2-3-12(9)13/h2-7,18H,8H2,1H3. The summed E-state index contributed by atoms with van der Waals surface area (Å²) in [7, 11) is 1.69. The number of phenols is 1. The second kappa shape index (κ2) is 5.36. The van der Waals surface area contributed by atoms with Crippen LogP contribution in [0, 0.1) is 0 Å². The van der Waals surface area contributed by atoms with Crippen LogP contribution in [0.1, 0.15) is 15.9 Å². The molecule has 0 aliphatic carbocycles. The Hall–Kier alpha value is -3.09. The molecule has 3 rings (SSSR count). The minimum atomic E-state index is -0.578. The summed E-state index contributed by atoms with van der Waals surface area (Å²) in [6, 6.07) is 5.66. The first-order valence-corrected chi connectivity index (χ1v) is 6.44. The second-order valence-corrected chi connectivity index (χ2v) is 4.75. The van der Waals surface area contributed by atoms with E-state index in [2.05, 4.69) is 5.10 Å². The Bertz CT molecular complexity index is 910. The summed E-state index contributed by atoms with van der Waals surface area (Å²) in [5.74, 6) is -0.548. The summed E-state index contributed by atoms with van der Waals surface area (Å²) in [5.41, 5.74) is 0.487. The predicted octanol–water partition coefficient (Wildman–Crippen LogP) is 1.59. The minimum Gasteiger partial charge on any atom is -0.508 e.